The zero-order valence-corrected chi connectivity index (χ0v) is 13.7. The summed E-state index contributed by atoms with van der Waals surface area (Å²) < 4.78 is 7.58. The number of hydrogen-bond acceptors (Lipinski definition) is 4. The third kappa shape index (κ3) is 5.41. The van der Waals surface area contributed by atoms with Crippen LogP contribution in [0.15, 0.2) is 30.3 Å². The Balaban J connectivity index is 1.83. The van der Waals surface area contributed by atoms with Crippen LogP contribution in [-0.4, -0.2) is 21.6 Å². The summed E-state index contributed by atoms with van der Waals surface area (Å²) in [4.78, 5) is 0. The Kier molecular flexibility index (Phi) is 7.12. The number of aromatic nitrogens is 3. The molecule has 0 saturated carbocycles. The molecule has 0 aliphatic carbocycles. The molecule has 0 unspecified atom stereocenters. The van der Waals surface area contributed by atoms with Gasteiger partial charge in [0.15, 0.2) is 5.69 Å². The molecule has 0 bridgehead atoms. The molecule has 2 aromatic rings. The Labute approximate surface area is 137 Å². The normalized spacial score (nSPS) is 10.4. The van der Waals surface area contributed by atoms with Gasteiger partial charge in [0.25, 0.3) is 0 Å². The molecule has 0 spiro atoms. The van der Waals surface area contributed by atoms with Gasteiger partial charge in [0.2, 0.25) is 0 Å². The summed E-state index contributed by atoms with van der Waals surface area (Å²) >= 11 is 0. The van der Waals surface area contributed by atoms with E-state index in [1.165, 1.54) is 19.3 Å². The van der Waals surface area contributed by atoms with Gasteiger partial charge >= 0.3 is 0 Å². The summed E-state index contributed by atoms with van der Waals surface area (Å²) in [6.07, 6.45) is 6.32. The van der Waals surface area contributed by atoms with Crippen molar-refractivity contribution >= 4 is 0 Å². The molecule has 1 aromatic heterocycles. The van der Waals surface area contributed by atoms with E-state index < -0.39 is 0 Å². The minimum Gasteiger partial charge on any atom is -0.494 e. The van der Waals surface area contributed by atoms with Crippen LogP contribution in [0.3, 0.4) is 0 Å². The molecule has 1 aromatic carbocycles. The van der Waals surface area contributed by atoms with Crippen LogP contribution < -0.4 is 4.74 Å². The summed E-state index contributed by atoms with van der Waals surface area (Å²) in [6, 6.07) is 11.9. The smallest absolute Gasteiger partial charge is 0.185 e. The van der Waals surface area contributed by atoms with E-state index in [2.05, 4.69) is 23.3 Å². The molecule has 1 heterocycles. The number of hydrogen-bond donors (Lipinski definition) is 0. The van der Waals surface area contributed by atoms with E-state index in [0.29, 0.717) is 12.3 Å². The molecule has 5 nitrogen and oxygen atoms in total. The van der Waals surface area contributed by atoms with Gasteiger partial charge in [-0.25, -0.2) is 4.68 Å². The van der Waals surface area contributed by atoms with E-state index >= 15 is 0 Å². The second-order valence-corrected chi connectivity index (χ2v) is 5.55. The van der Waals surface area contributed by atoms with Crippen LogP contribution in [0.1, 0.15) is 50.4 Å². The molecule has 0 radical (unpaired) electrons. The van der Waals surface area contributed by atoms with Gasteiger partial charge in [-0.05, 0) is 31.4 Å². The Bertz CT molecular complexity index is 616. The minimum absolute atomic E-state index is 0.445. The molecule has 0 aliphatic heterocycles. The molecule has 0 fully saturated rings. The van der Waals surface area contributed by atoms with Crippen LogP contribution in [0, 0.1) is 11.3 Å². The van der Waals surface area contributed by atoms with Gasteiger partial charge in [-0.3, -0.25) is 0 Å². The van der Waals surface area contributed by atoms with Gasteiger partial charge in [0.05, 0.1) is 12.3 Å². The third-order valence-corrected chi connectivity index (χ3v) is 3.74. The van der Waals surface area contributed by atoms with Crippen molar-refractivity contribution in [2.75, 3.05) is 6.61 Å². The van der Waals surface area contributed by atoms with Crippen molar-refractivity contribution in [3.05, 3.63) is 41.7 Å². The Morgan fingerprint density at radius 1 is 1.13 bits per heavy atom. The second-order valence-electron chi connectivity index (χ2n) is 5.55. The molecule has 23 heavy (non-hydrogen) atoms. The fraction of sp³-hybridized carbons (Fsp3) is 0.500. The van der Waals surface area contributed by atoms with Crippen LogP contribution in [0.2, 0.25) is 0 Å². The van der Waals surface area contributed by atoms with Crippen molar-refractivity contribution in [1.29, 1.82) is 5.26 Å². The fourth-order valence-electron chi connectivity index (χ4n) is 2.48. The molecule has 0 amide bonds. The molecular weight excluding hydrogens is 288 g/mol. The average molecular weight is 312 g/mol. The number of ether oxygens (including phenoxy) is 1. The summed E-state index contributed by atoms with van der Waals surface area (Å²) in [5, 5.41) is 17.3. The van der Waals surface area contributed by atoms with Crippen LogP contribution in [0.4, 0.5) is 0 Å². The predicted octanol–water partition coefficient (Wildman–Crippen LogP) is 3.74. The van der Waals surface area contributed by atoms with Crippen molar-refractivity contribution in [3.8, 4) is 11.8 Å². The van der Waals surface area contributed by atoms with Gasteiger partial charge in [-0.2, -0.15) is 5.26 Å². The summed E-state index contributed by atoms with van der Waals surface area (Å²) in [7, 11) is 0. The van der Waals surface area contributed by atoms with Gasteiger partial charge in [0, 0.05) is 6.54 Å². The first-order valence-electron chi connectivity index (χ1n) is 8.35. The Morgan fingerprint density at radius 3 is 2.70 bits per heavy atom. The van der Waals surface area contributed by atoms with E-state index in [9.17, 15) is 5.26 Å². The number of aryl methyl sites for hydroxylation is 1. The quantitative estimate of drug-likeness (QED) is 0.627. The monoisotopic (exact) mass is 312 g/mol. The highest BCUT2D eigenvalue weighted by Gasteiger charge is 2.12. The SMILES string of the molecule is CCCCCCn1nnc(C#N)c1CCCOc1ccccc1. The van der Waals surface area contributed by atoms with Gasteiger partial charge in [0.1, 0.15) is 11.8 Å². The second kappa shape index (κ2) is 9.62. The molecule has 5 heteroatoms. The van der Waals surface area contributed by atoms with E-state index in [1.54, 1.807) is 0 Å². The maximum absolute atomic E-state index is 9.18. The van der Waals surface area contributed by atoms with E-state index in [0.717, 1.165) is 37.3 Å². The molecule has 0 atom stereocenters. The van der Waals surface area contributed by atoms with E-state index in [-0.39, 0.29) is 0 Å². The average Bonchev–Trinajstić information content (AvgIpc) is 2.98. The van der Waals surface area contributed by atoms with E-state index in [1.807, 2.05) is 35.0 Å². The maximum atomic E-state index is 9.18. The topological polar surface area (TPSA) is 63.7 Å². The highest BCUT2D eigenvalue weighted by atomic mass is 16.5. The lowest BCUT2D eigenvalue weighted by atomic mass is 10.2. The van der Waals surface area contributed by atoms with Crippen molar-refractivity contribution in [1.82, 2.24) is 15.0 Å². The van der Waals surface area contributed by atoms with Crippen LogP contribution in [0.25, 0.3) is 0 Å². The largest absolute Gasteiger partial charge is 0.494 e. The zero-order chi connectivity index (χ0) is 16.3. The summed E-state index contributed by atoms with van der Waals surface area (Å²) in [6.45, 7) is 3.65. The molecule has 0 saturated heterocycles. The lowest BCUT2D eigenvalue weighted by Crippen LogP contribution is -2.08. The molecule has 122 valence electrons. The van der Waals surface area contributed by atoms with Crippen LogP contribution >= 0.6 is 0 Å². The van der Waals surface area contributed by atoms with Crippen molar-refractivity contribution in [3.63, 3.8) is 0 Å². The lowest BCUT2D eigenvalue weighted by Gasteiger charge is -2.08. The van der Waals surface area contributed by atoms with Crippen molar-refractivity contribution in [2.24, 2.45) is 0 Å². The van der Waals surface area contributed by atoms with Gasteiger partial charge in [-0.15, -0.1) is 5.10 Å². The van der Waals surface area contributed by atoms with E-state index in [4.69, 9.17) is 4.74 Å². The van der Waals surface area contributed by atoms with Crippen molar-refractivity contribution in [2.45, 2.75) is 52.0 Å². The number of para-hydroxylation sites is 1. The molecule has 0 N–H and O–H groups in total. The number of benzene rings is 1. The number of nitriles is 1. The Hall–Kier alpha value is -2.35. The maximum Gasteiger partial charge on any atom is 0.185 e. The Morgan fingerprint density at radius 2 is 1.96 bits per heavy atom. The molecule has 0 aliphatic rings. The van der Waals surface area contributed by atoms with Crippen molar-refractivity contribution < 1.29 is 4.74 Å². The fourth-order valence-corrected chi connectivity index (χ4v) is 2.48. The van der Waals surface area contributed by atoms with Gasteiger partial charge < -0.3 is 4.74 Å². The summed E-state index contributed by atoms with van der Waals surface area (Å²) in [5.74, 6) is 0.874. The third-order valence-electron chi connectivity index (χ3n) is 3.74. The lowest BCUT2D eigenvalue weighted by molar-refractivity contribution is 0.309. The number of unbranched alkanes of at least 4 members (excludes halogenated alkanes) is 3. The first kappa shape index (κ1) is 17.0. The standard InChI is InChI=1S/C18H24N4O/c1-2-3-4-8-13-22-18(17(15-19)20-21-22)12-9-14-23-16-10-6-5-7-11-16/h5-7,10-11H,2-4,8-9,12-14H2,1H3. The molecular formula is C18H24N4O. The zero-order valence-electron chi connectivity index (χ0n) is 13.7. The first-order valence-corrected chi connectivity index (χ1v) is 8.35. The highest BCUT2D eigenvalue weighted by Crippen LogP contribution is 2.12. The molecule has 2 rings (SSSR count). The number of rotatable bonds is 10. The highest BCUT2D eigenvalue weighted by molar-refractivity contribution is 5.25. The van der Waals surface area contributed by atoms with Gasteiger partial charge in [-0.1, -0.05) is 49.6 Å². The van der Waals surface area contributed by atoms with Crippen LogP contribution in [-0.2, 0) is 13.0 Å². The predicted molar refractivity (Wildman–Crippen MR) is 89.1 cm³/mol. The first-order chi connectivity index (χ1) is 11.3. The number of nitrogens with zero attached hydrogens (tertiary/aromatic N) is 4. The van der Waals surface area contributed by atoms with Crippen LogP contribution in [0.5, 0.6) is 5.75 Å². The summed E-state index contributed by atoms with van der Waals surface area (Å²) in [5.41, 5.74) is 1.38. The minimum atomic E-state index is 0.445.